The van der Waals surface area contributed by atoms with Gasteiger partial charge in [0, 0.05) is 45.2 Å². The summed E-state index contributed by atoms with van der Waals surface area (Å²) in [4.78, 5) is 16.7. The zero-order valence-electron chi connectivity index (χ0n) is 14.3. The molecule has 0 radical (unpaired) electrons. The second kappa shape index (κ2) is 11.6. The van der Waals surface area contributed by atoms with Gasteiger partial charge in [0.1, 0.15) is 5.82 Å². The first-order valence-electron chi connectivity index (χ1n) is 8.00. The van der Waals surface area contributed by atoms with E-state index in [1.54, 1.807) is 0 Å². The lowest BCUT2D eigenvalue weighted by Gasteiger charge is -2.24. The standard InChI is InChI=1S/C17H26FN3O.2ClH/c1-14(12-19-2)17(22)21-9-3-8-20(10-11-21)13-15-4-6-16(18)7-5-15;;/h4-7,14,19H,3,8-13H2,1-2H3;2*1H. The van der Waals surface area contributed by atoms with Gasteiger partial charge in [0.15, 0.2) is 0 Å². The average molecular weight is 380 g/mol. The summed E-state index contributed by atoms with van der Waals surface area (Å²) in [5.41, 5.74) is 1.12. The van der Waals surface area contributed by atoms with E-state index in [2.05, 4.69) is 10.2 Å². The first-order valence-corrected chi connectivity index (χ1v) is 8.00. The van der Waals surface area contributed by atoms with Crippen LogP contribution in [0.3, 0.4) is 0 Å². The summed E-state index contributed by atoms with van der Waals surface area (Å²) >= 11 is 0. The molecule has 2 rings (SSSR count). The van der Waals surface area contributed by atoms with Crippen LogP contribution in [0.25, 0.3) is 0 Å². The molecule has 1 atom stereocenters. The molecule has 0 aliphatic carbocycles. The fourth-order valence-electron chi connectivity index (χ4n) is 2.90. The molecule has 1 unspecified atom stereocenters. The lowest BCUT2D eigenvalue weighted by atomic mass is 10.1. The minimum atomic E-state index is -0.199. The van der Waals surface area contributed by atoms with Crippen molar-refractivity contribution in [3.8, 4) is 0 Å². The van der Waals surface area contributed by atoms with Gasteiger partial charge in [-0.25, -0.2) is 4.39 Å². The molecule has 1 aromatic carbocycles. The maximum absolute atomic E-state index is 12.9. The Hall–Kier alpha value is -0.880. The number of nitrogens with one attached hydrogen (secondary N) is 1. The zero-order valence-corrected chi connectivity index (χ0v) is 16.0. The predicted molar refractivity (Wildman–Crippen MR) is 100 cm³/mol. The number of nitrogens with zero attached hydrogens (tertiary/aromatic N) is 2. The molecule has 1 fully saturated rings. The summed E-state index contributed by atoms with van der Waals surface area (Å²) in [7, 11) is 1.87. The van der Waals surface area contributed by atoms with Crippen molar-refractivity contribution in [1.82, 2.24) is 15.1 Å². The summed E-state index contributed by atoms with van der Waals surface area (Å²) < 4.78 is 12.9. The maximum atomic E-state index is 12.9. The third kappa shape index (κ3) is 6.93. The molecule has 0 spiro atoms. The Bertz CT molecular complexity index is 487. The molecular weight excluding hydrogens is 352 g/mol. The van der Waals surface area contributed by atoms with Gasteiger partial charge in [-0.05, 0) is 31.2 Å². The molecule has 138 valence electrons. The van der Waals surface area contributed by atoms with Crippen LogP contribution in [0.2, 0.25) is 0 Å². The van der Waals surface area contributed by atoms with Gasteiger partial charge >= 0.3 is 0 Å². The number of carbonyl (C=O) groups excluding carboxylic acids is 1. The van der Waals surface area contributed by atoms with Crippen molar-refractivity contribution in [2.24, 2.45) is 5.92 Å². The van der Waals surface area contributed by atoms with E-state index in [1.807, 2.05) is 31.0 Å². The number of hydrogen-bond donors (Lipinski definition) is 1. The third-order valence-electron chi connectivity index (χ3n) is 4.15. The molecule has 0 bridgehead atoms. The summed E-state index contributed by atoms with van der Waals surface area (Å²) in [5.74, 6) is 0.0570. The molecule has 1 N–H and O–H groups in total. The van der Waals surface area contributed by atoms with Crippen LogP contribution in [0.5, 0.6) is 0 Å². The first-order chi connectivity index (χ1) is 10.6. The van der Waals surface area contributed by atoms with Crippen molar-refractivity contribution >= 4 is 30.7 Å². The quantitative estimate of drug-likeness (QED) is 0.853. The Morgan fingerprint density at radius 1 is 1.17 bits per heavy atom. The van der Waals surface area contributed by atoms with E-state index >= 15 is 0 Å². The van der Waals surface area contributed by atoms with Crippen LogP contribution < -0.4 is 5.32 Å². The fourth-order valence-corrected chi connectivity index (χ4v) is 2.90. The van der Waals surface area contributed by atoms with Gasteiger partial charge in [0.25, 0.3) is 0 Å². The van der Waals surface area contributed by atoms with E-state index in [-0.39, 0.29) is 42.5 Å². The highest BCUT2D eigenvalue weighted by Crippen LogP contribution is 2.12. The van der Waals surface area contributed by atoms with Gasteiger partial charge in [0.05, 0.1) is 0 Å². The van der Waals surface area contributed by atoms with E-state index in [1.165, 1.54) is 12.1 Å². The van der Waals surface area contributed by atoms with Crippen molar-refractivity contribution < 1.29 is 9.18 Å². The van der Waals surface area contributed by atoms with E-state index in [0.717, 1.165) is 44.7 Å². The molecule has 4 nitrogen and oxygen atoms in total. The average Bonchev–Trinajstić information content (AvgIpc) is 2.75. The van der Waals surface area contributed by atoms with Gasteiger partial charge in [-0.1, -0.05) is 19.1 Å². The van der Waals surface area contributed by atoms with E-state index < -0.39 is 0 Å². The number of hydrogen-bond acceptors (Lipinski definition) is 3. The molecular formula is C17H28Cl2FN3O. The predicted octanol–water partition coefficient (Wildman–Crippen LogP) is 2.56. The molecule has 1 heterocycles. The highest BCUT2D eigenvalue weighted by molar-refractivity contribution is 5.85. The van der Waals surface area contributed by atoms with Gasteiger partial charge in [-0.15, -0.1) is 24.8 Å². The highest BCUT2D eigenvalue weighted by atomic mass is 35.5. The smallest absolute Gasteiger partial charge is 0.226 e. The molecule has 1 saturated heterocycles. The number of carbonyl (C=O) groups is 1. The first kappa shape index (κ1) is 23.1. The number of rotatable bonds is 5. The van der Waals surface area contributed by atoms with Crippen LogP contribution in [-0.2, 0) is 11.3 Å². The van der Waals surface area contributed by atoms with Gasteiger partial charge in [0.2, 0.25) is 5.91 Å². The van der Waals surface area contributed by atoms with Crippen LogP contribution in [0.4, 0.5) is 4.39 Å². The molecule has 1 aliphatic heterocycles. The highest BCUT2D eigenvalue weighted by Gasteiger charge is 2.22. The molecule has 1 amide bonds. The van der Waals surface area contributed by atoms with E-state index in [4.69, 9.17) is 0 Å². The Labute approximate surface area is 156 Å². The van der Waals surface area contributed by atoms with Crippen LogP contribution in [-0.4, -0.2) is 55.5 Å². The SMILES string of the molecule is CNCC(C)C(=O)N1CCCN(Cc2ccc(F)cc2)CC1.Cl.Cl. The van der Waals surface area contributed by atoms with Crippen molar-refractivity contribution in [3.63, 3.8) is 0 Å². The van der Waals surface area contributed by atoms with Gasteiger partial charge in [-0.2, -0.15) is 0 Å². The van der Waals surface area contributed by atoms with E-state index in [9.17, 15) is 9.18 Å². The molecule has 1 aliphatic rings. The second-order valence-electron chi connectivity index (χ2n) is 6.04. The Kier molecular flexibility index (Phi) is 11.2. The van der Waals surface area contributed by atoms with Crippen LogP contribution >= 0.6 is 24.8 Å². The second-order valence-corrected chi connectivity index (χ2v) is 6.04. The van der Waals surface area contributed by atoms with Gasteiger partial charge < -0.3 is 10.2 Å². The lowest BCUT2D eigenvalue weighted by Crippen LogP contribution is -2.40. The monoisotopic (exact) mass is 379 g/mol. The fraction of sp³-hybridized carbons (Fsp3) is 0.588. The van der Waals surface area contributed by atoms with Crippen LogP contribution in [0.1, 0.15) is 18.9 Å². The summed E-state index contributed by atoms with van der Waals surface area (Å²) in [6.45, 7) is 6.95. The number of amides is 1. The summed E-state index contributed by atoms with van der Waals surface area (Å²) in [5, 5.41) is 3.06. The van der Waals surface area contributed by atoms with Crippen molar-refractivity contribution in [1.29, 1.82) is 0 Å². The normalized spacial score (nSPS) is 16.5. The van der Waals surface area contributed by atoms with Crippen LogP contribution in [0, 0.1) is 11.7 Å². The molecule has 0 saturated carbocycles. The topological polar surface area (TPSA) is 35.6 Å². The summed E-state index contributed by atoms with van der Waals surface area (Å²) in [6.07, 6.45) is 0.985. The van der Waals surface area contributed by atoms with Crippen LogP contribution in [0.15, 0.2) is 24.3 Å². The minimum Gasteiger partial charge on any atom is -0.341 e. The van der Waals surface area contributed by atoms with Crippen molar-refractivity contribution in [2.45, 2.75) is 19.9 Å². The zero-order chi connectivity index (χ0) is 15.9. The number of benzene rings is 1. The Morgan fingerprint density at radius 2 is 1.83 bits per heavy atom. The van der Waals surface area contributed by atoms with Crippen molar-refractivity contribution in [2.75, 3.05) is 39.8 Å². The third-order valence-corrected chi connectivity index (χ3v) is 4.15. The maximum Gasteiger partial charge on any atom is 0.226 e. The molecule has 24 heavy (non-hydrogen) atoms. The lowest BCUT2D eigenvalue weighted by molar-refractivity contribution is -0.134. The van der Waals surface area contributed by atoms with Crippen molar-refractivity contribution in [3.05, 3.63) is 35.6 Å². The molecule has 7 heteroatoms. The minimum absolute atomic E-state index is 0. The molecule has 0 aromatic heterocycles. The number of halogens is 3. The Balaban J connectivity index is 0.00000264. The Morgan fingerprint density at radius 3 is 2.46 bits per heavy atom. The van der Waals surface area contributed by atoms with E-state index in [0.29, 0.717) is 6.54 Å². The largest absolute Gasteiger partial charge is 0.341 e. The van der Waals surface area contributed by atoms with Gasteiger partial charge in [-0.3, -0.25) is 9.69 Å². The molecule has 1 aromatic rings. The summed E-state index contributed by atoms with van der Waals surface area (Å²) in [6, 6.07) is 6.67.